The van der Waals surface area contributed by atoms with Crippen LogP contribution in [0.2, 0.25) is 5.02 Å². The summed E-state index contributed by atoms with van der Waals surface area (Å²) in [6, 6.07) is -0.208. The smallest absolute Gasteiger partial charge is 0.0834 e. The van der Waals surface area contributed by atoms with Crippen LogP contribution in [0.25, 0.3) is 0 Å². The summed E-state index contributed by atoms with van der Waals surface area (Å²) >= 11 is 5.90. The lowest BCUT2D eigenvalue weighted by Gasteiger charge is -2.12. The van der Waals surface area contributed by atoms with Crippen LogP contribution in [0, 0.1) is 0 Å². The molecule has 0 fully saturated rings. The molecule has 13 heavy (non-hydrogen) atoms. The number of aromatic nitrogens is 2. The van der Waals surface area contributed by atoms with E-state index in [1.165, 1.54) is 0 Å². The summed E-state index contributed by atoms with van der Waals surface area (Å²) in [7, 11) is 1.81. The Morgan fingerprint density at radius 3 is 2.92 bits per heavy atom. The minimum absolute atomic E-state index is 0.208. The Morgan fingerprint density at radius 1 is 1.77 bits per heavy atom. The second-order valence-corrected chi connectivity index (χ2v) is 3.17. The van der Waals surface area contributed by atoms with Gasteiger partial charge in [0.2, 0.25) is 0 Å². The van der Waals surface area contributed by atoms with Crippen LogP contribution in [0.5, 0.6) is 0 Å². The summed E-state index contributed by atoms with van der Waals surface area (Å²) in [6.45, 7) is 3.05. The quantitative estimate of drug-likeness (QED) is 0.798. The van der Waals surface area contributed by atoms with Crippen LogP contribution in [0.3, 0.4) is 0 Å². The van der Waals surface area contributed by atoms with Crippen LogP contribution in [-0.2, 0) is 11.8 Å². The van der Waals surface area contributed by atoms with Gasteiger partial charge in [-0.15, -0.1) is 0 Å². The predicted octanol–water partition coefficient (Wildman–Crippen LogP) is 1.11. The van der Waals surface area contributed by atoms with Gasteiger partial charge in [0.05, 0.1) is 29.6 Å². The van der Waals surface area contributed by atoms with E-state index in [1.807, 2.05) is 14.0 Å². The Bertz CT molecular complexity index is 255. The highest BCUT2D eigenvalue weighted by Gasteiger charge is 2.14. The Kier molecular flexibility index (Phi) is 3.71. The molecule has 0 aliphatic heterocycles. The first-order valence-corrected chi connectivity index (χ1v) is 4.55. The molecule has 0 bridgehead atoms. The topological polar surface area (TPSA) is 53.1 Å². The molecule has 1 rings (SSSR count). The molecule has 74 valence electrons. The monoisotopic (exact) mass is 203 g/mol. The number of rotatable bonds is 4. The summed E-state index contributed by atoms with van der Waals surface area (Å²) in [5.41, 5.74) is 6.67. The molecule has 1 heterocycles. The average molecular weight is 204 g/mol. The maximum absolute atomic E-state index is 5.90. The second-order valence-electron chi connectivity index (χ2n) is 2.77. The average Bonchev–Trinajstić information content (AvgIpc) is 2.42. The summed E-state index contributed by atoms with van der Waals surface area (Å²) in [6.07, 6.45) is 1.59. The third kappa shape index (κ3) is 2.43. The van der Waals surface area contributed by atoms with Crippen molar-refractivity contribution in [2.45, 2.75) is 13.0 Å². The normalized spacial score (nSPS) is 13.2. The zero-order valence-electron chi connectivity index (χ0n) is 7.83. The number of ether oxygens (including phenoxy) is 1. The van der Waals surface area contributed by atoms with Gasteiger partial charge in [0, 0.05) is 13.7 Å². The first kappa shape index (κ1) is 10.5. The van der Waals surface area contributed by atoms with Gasteiger partial charge in [-0.2, -0.15) is 5.10 Å². The third-order valence-electron chi connectivity index (χ3n) is 1.79. The molecule has 1 aromatic rings. The minimum atomic E-state index is -0.208. The van der Waals surface area contributed by atoms with Gasteiger partial charge in [0.15, 0.2) is 0 Å². The Labute approximate surface area is 82.6 Å². The molecule has 0 saturated heterocycles. The van der Waals surface area contributed by atoms with E-state index in [9.17, 15) is 0 Å². The maximum Gasteiger partial charge on any atom is 0.0834 e. The Hall–Kier alpha value is -0.580. The highest BCUT2D eigenvalue weighted by molar-refractivity contribution is 6.31. The lowest BCUT2D eigenvalue weighted by molar-refractivity contribution is 0.131. The number of halogens is 1. The largest absolute Gasteiger partial charge is 0.380 e. The molecule has 0 spiro atoms. The molecule has 5 heteroatoms. The van der Waals surface area contributed by atoms with Gasteiger partial charge < -0.3 is 10.5 Å². The van der Waals surface area contributed by atoms with Crippen molar-refractivity contribution >= 4 is 11.6 Å². The van der Waals surface area contributed by atoms with Gasteiger partial charge in [-0.05, 0) is 6.92 Å². The van der Waals surface area contributed by atoms with E-state index in [4.69, 9.17) is 22.1 Å². The molecule has 1 aromatic heterocycles. The molecular formula is C8H14ClN3O. The Balaban J connectivity index is 2.69. The van der Waals surface area contributed by atoms with Crippen LogP contribution in [-0.4, -0.2) is 23.0 Å². The fourth-order valence-electron chi connectivity index (χ4n) is 1.16. The molecule has 4 nitrogen and oxygen atoms in total. The number of nitrogens with zero attached hydrogens (tertiary/aromatic N) is 2. The van der Waals surface area contributed by atoms with Crippen molar-refractivity contribution in [3.05, 3.63) is 16.9 Å². The van der Waals surface area contributed by atoms with Gasteiger partial charge in [-0.1, -0.05) is 11.6 Å². The van der Waals surface area contributed by atoms with E-state index in [0.717, 1.165) is 5.69 Å². The number of hydrogen-bond acceptors (Lipinski definition) is 3. The number of nitrogens with two attached hydrogens (primary N) is 1. The lowest BCUT2D eigenvalue weighted by Crippen LogP contribution is -2.20. The van der Waals surface area contributed by atoms with Crippen molar-refractivity contribution in [3.63, 3.8) is 0 Å². The summed E-state index contributed by atoms with van der Waals surface area (Å²) in [5, 5.41) is 4.59. The molecule has 0 amide bonds. The lowest BCUT2D eigenvalue weighted by atomic mass is 10.2. The Morgan fingerprint density at radius 2 is 2.46 bits per heavy atom. The first-order valence-electron chi connectivity index (χ1n) is 4.17. The van der Waals surface area contributed by atoms with Gasteiger partial charge in [-0.25, -0.2) is 0 Å². The van der Waals surface area contributed by atoms with Crippen molar-refractivity contribution in [1.29, 1.82) is 0 Å². The van der Waals surface area contributed by atoms with Gasteiger partial charge >= 0.3 is 0 Å². The highest BCUT2D eigenvalue weighted by atomic mass is 35.5. The summed E-state index contributed by atoms with van der Waals surface area (Å²) in [5.74, 6) is 0. The molecule has 1 unspecified atom stereocenters. The van der Waals surface area contributed by atoms with Gasteiger partial charge in [0.25, 0.3) is 0 Å². The molecule has 0 aliphatic rings. The van der Waals surface area contributed by atoms with E-state index in [1.54, 1.807) is 10.9 Å². The predicted molar refractivity (Wildman–Crippen MR) is 51.6 cm³/mol. The number of aryl methyl sites for hydroxylation is 1. The van der Waals surface area contributed by atoms with Crippen LogP contribution >= 0.6 is 11.6 Å². The maximum atomic E-state index is 5.90. The fourth-order valence-corrected chi connectivity index (χ4v) is 1.47. The summed E-state index contributed by atoms with van der Waals surface area (Å²) < 4.78 is 6.88. The zero-order chi connectivity index (χ0) is 9.84. The van der Waals surface area contributed by atoms with Gasteiger partial charge in [-0.3, -0.25) is 4.68 Å². The second kappa shape index (κ2) is 4.60. The van der Waals surface area contributed by atoms with E-state index in [0.29, 0.717) is 18.2 Å². The SMILES string of the molecule is CCOCC(N)c1c(Cl)cnn1C. The number of hydrogen-bond donors (Lipinski definition) is 1. The summed E-state index contributed by atoms with van der Waals surface area (Å²) in [4.78, 5) is 0. The van der Waals surface area contributed by atoms with Crippen LogP contribution in [0.1, 0.15) is 18.7 Å². The third-order valence-corrected chi connectivity index (χ3v) is 2.08. The molecule has 0 radical (unpaired) electrons. The molecule has 0 aromatic carbocycles. The zero-order valence-corrected chi connectivity index (χ0v) is 8.58. The van der Waals surface area contributed by atoms with Crippen molar-refractivity contribution in [2.24, 2.45) is 12.8 Å². The van der Waals surface area contributed by atoms with Crippen LogP contribution in [0.4, 0.5) is 0 Å². The van der Waals surface area contributed by atoms with Crippen molar-refractivity contribution in [2.75, 3.05) is 13.2 Å². The van der Waals surface area contributed by atoms with Crippen molar-refractivity contribution in [3.8, 4) is 0 Å². The highest BCUT2D eigenvalue weighted by Crippen LogP contribution is 2.20. The van der Waals surface area contributed by atoms with Crippen molar-refractivity contribution < 1.29 is 4.74 Å². The van der Waals surface area contributed by atoms with E-state index in [2.05, 4.69) is 5.10 Å². The molecular weight excluding hydrogens is 190 g/mol. The molecule has 0 saturated carbocycles. The minimum Gasteiger partial charge on any atom is -0.380 e. The molecule has 0 aliphatic carbocycles. The van der Waals surface area contributed by atoms with Crippen LogP contribution in [0.15, 0.2) is 6.20 Å². The van der Waals surface area contributed by atoms with E-state index in [-0.39, 0.29) is 6.04 Å². The fraction of sp³-hybridized carbons (Fsp3) is 0.625. The first-order chi connectivity index (χ1) is 6.16. The molecule has 2 N–H and O–H groups in total. The van der Waals surface area contributed by atoms with Crippen molar-refractivity contribution in [1.82, 2.24) is 9.78 Å². The standard InChI is InChI=1S/C8H14ClN3O/c1-3-13-5-7(10)8-6(9)4-11-12(8)2/h4,7H,3,5,10H2,1-2H3. The van der Waals surface area contributed by atoms with Crippen LogP contribution < -0.4 is 5.73 Å². The van der Waals surface area contributed by atoms with E-state index < -0.39 is 0 Å². The van der Waals surface area contributed by atoms with Gasteiger partial charge in [0.1, 0.15) is 0 Å². The van der Waals surface area contributed by atoms with E-state index >= 15 is 0 Å². The molecule has 1 atom stereocenters.